The molecule has 0 saturated carbocycles. The van der Waals surface area contributed by atoms with Gasteiger partial charge in [-0.25, -0.2) is 4.79 Å². The van der Waals surface area contributed by atoms with Crippen molar-refractivity contribution in [2.45, 2.75) is 52.0 Å². The van der Waals surface area contributed by atoms with Crippen LogP contribution in [-0.4, -0.2) is 40.6 Å². The van der Waals surface area contributed by atoms with Crippen molar-refractivity contribution < 1.29 is 14.7 Å². The second-order valence-corrected chi connectivity index (χ2v) is 5.63. The third-order valence-electron chi connectivity index (χ3n) is 3.73. The number of rotatable bonds is 5. The highest BCUT2D eigenvalue weighted by Crippen LogP contribution is 2.27. The number of urea groups is 1. The van der Waals surface area contributed by atoms with Crippen molar-refractivity contribution in [1.29, 1.82) is 0 Å². The summed E-state index contributed by atoms with van der Waals surface area (Å²) in [4.78, 5) is 24.5. The van der Waals surface area contributed by atoms with Crippen LogP contribution in [0.15, 0.2) is 0 Å². The molecule has 1 aliphatic heterocycles. The van der Waals surface area contributed by atoms with Crippen LogP contribution in [0.2, 0.25) is 0 Å². The van der Waals surface area contributed by atoms with Crippen LogP contribution < -0.4 is 5.32 Å². The Morgan fingerprint density at radius 3 is 2.56 bits per heavy atom. The lowest BCUT2D eigenvalue weighted by atomic mass is 10.0. The average molecular weight is 256 g/mol. The molecular formula is C13H24N2O3. The van der Waals surface area contributed by atoms with Gasteiger partial charge in [0.25, 0.3) is 0 Å². The van der Waals surface area contributed by atoms with E-state index in [2.05, 4.69) is 19.2 Å². The van der Waals surface area contributed by atoms with Crippen molar-refractivity contribution in [2.75, 3.05) is 13.1 Å². The van der Waals surface area contributed by atoms with E-state index in [4.69, 9.17) is 5.11 Å². The molecule has 0 spiro atoms. The van der Waals surface area contributed by atoms with Crippen LogP contribution >= 0.6 is 0 Å². The van der Waals surface area contributed by atoms with Gasteiger partial charge in [0.05, 0.1) is 0 Å². The molecule has 0 aliphatic carbocycles. The van der Waals surface area contributed by atoms with Crippen LogP contribution in [0.1, 0.15) is 46.5 Å². The fourth-order valence-electron chi connectivity index (χ4n) is 2.42. The van der Waals surface area contributed by atoms with Crippen LogP contribution in [0.4, 0.5) is 4.79 Å². The summed E-state index contributed by atoms with van der Waals surface area (Å²) in [7, 11) is 0. The van der Waals surface area contributed by atoms with Crippen molar-refractivity contribution in [3.05, 3.63) is 0 Å². The minimum absolute atomic E-state index is 0.0113. The first-order chi connectivity index (χ1) is 8.36. The van der Waals surface area contributed by atoms with Gasteiger partial charge >= 0.3 is 12.0 Å². The monoisotopic (exact) mass is 256 g/mol. The van der Waals surface area contributed by atoms with E-state index in [0.717, 1.165) is 25.8 Å². The molecule has 1 unspecified atom stereocenters. The summed E-state index contributed by atoms with van der Waals surface area (Å²) in [6.45, 7) is 7.30. The normalized spacial score (nSPS) is 19.6. The largest absolute Gasteiger partial charge is 0.481 e. The Morgan fingerprint density at radius 1 is 1.44 bits per heavy atom. The van der Waals surface area contributed by atoms with E-state index < -0.39 is 5.97 Å². The Morgan fingerprint density at radius 2 is 2.11 bits per heavy atom. The van der Waals surface area contributed by atoms with Gasteiger partial charge in [-0.2, -0.15) is 0 Å². The zero-order valence-corrected chi connectivity index (χ0v) is 11.5. The lowest BCUT2D eigenvalue weighted by Crippen LogP contribution is -2.49. The van der Waals surface area contributed by atoms with Crippen molar-refractivity contribution >= 4 is 12.0 Å². The lowest BCUT2D eigenvalue weighted by Gasteiger charge is -2.32. The highest BCUT2D eigenvalue weighted by atomic mass is 16.4. The highest BCUT2D eigenvalue weighted by Gasteiger charge is 2.35. The second-order valence-electron chi connectivity index (χ2n) is 5.63. The van der Waals surface area contributed by atoms with Gasteiger partial charge in [0, 0.05) is 25.0 Å². The van der Waals surface area contributed by atoms with Gasteiger partial charge < -0.3 is 15.3 Å². The number of likely N-dealkylation sites (tertiary alicyclic amines) is 1. The maximum atomic E-state index is 12.0. The molecule has 2 amide bonds. The molecule has 0 aromatic heterocycles. The van der Waals surface area contributed by atoms with Crippen molar-refractivity contribution in [3.63, 3.8) is 0 Å². The molecule has 1 heterocycles. The molecule has 0 radical (unpaired) electrons. The summed E-state index contributed by atoms with van der Waals surface area (Å²) in [5, 5.41) is 11.6. The van der Waals surface area contributed by atoms with E-state index >= 15 is 0 Å². The van der Waals surface area contributed by atoms with Crippen LogP contribution in [-0.2, 0) is 4.79 Å². The Hall–Kier alpha value is -1.26. The first-order valence-corrected chi connectivity index (χ1v) is 6.64. The van der Waals surface area contributed by atoms with Gasteiger partial charge in [-0.05, 0) is 32.6 Å². The summed E-state index contributed by atoms with van der Waals surface area (Å²) in [6.07, 6.45) is 2.93. The van der Waals surface area contributed by atoms with E-state index in [9.17, 15) is 9.59 Å². The Bertz CT molecular complexity index is 315. The minimum atomic E-state index is -0.808. The van der Waals surface area contributed by atoms with Crippen LogP contribution in [0.25, 0.3) is 0 Å². The van der Waals surface area contributed by atoms with Gasteiger partial charge in [-0.15, -0.1) is 0 Å². The number of amides is 2. The number of carbonyl (C=O) groups is 2. The van der Waals surface area contributed by atoms with E-state index in [-0.39, 0.29) is 23.9 Å². The van der Waals surface area contributed by atoms with Gasteiger partial charge in [0.15, 0.2) is 0 Å². The van der Waals surface area contributed by atoms with Crippen LogP contribution in [0.3, 0.4) is 0 Å². The fraction of sp³-hybridized carbons (Fsp3) is 0.846. The molecule has 2 N–H and O–H groups in total. The third-order valence-corrected chi connectivity index (χ3v) is 3.73. The SMILES string of the molecule is CCC(CNC(=O)N1CCCC1(C)C)CC(=O)O. The fourth-order valence-corrected chi connectivity index (χ4v) is 2.42. The molecule has 5 nitrogen and oxygen atoms in total. The third kappa shape index (κ3) is 3.89. The van der Waals surface area contributed by atoms with Crippen molar-refractivity contribution in [1.82, 2.24) is 10.2 Å². The average Bonchev–Trinajstić information content (AvgIpc) is 2.63. The van der Waals surface area contributed by atoms with Gasteiger partial charge in [0.1, 0.15) is 0 Å². The number of hydrogen-bond donors (Lipinski definition) is 2. The number of aliphatic carboxylic acids is 1. The van der Waals surface area contributed by atoms with Crippen molar-refractivity contribution in [2.24, 2.45) is 5.92 Å². The van der Waals surface area contributed by atoms with Crippen LogP contribution in [0.5, 0.6) is 0 Å². The molecule has 5 heteroatoms. The summed E-state index contributed by atoms with van der Waals surface area (Å²) in [5.41, 5.74) is -0.0847. The zero-order valence-electron chi connectivity index (χ0n) is 11.5. The number of nitrogens with zero attached hydrogens (tertiary/aromatic N) is 1. The summed E-state index contributed by atoms with van der Waals surface area (Å²) < 4.78 is 0. The molecule has 1 atom stereocenters. The molecule has 0 aromatic rings. The van der Waals surface area contributed by atoms with Crippen LogP contribution in [0, 0.1) is 5.92 Å². The Labute approximate surface area is 109 Å². The standard InChI is InChI=1S/C13H24N2O3/c1-4-10(8-11(16)17)9-14-12(18)15-7-5-6-13(15,2)3/h10H,4-9H2,1-3H3,(H,14,18)(H,16,17). The number of carbonyl (C=O) groups excluding carboxylic acids is 1. The molecule has 0 bridgehead atoms. The summed E-state index contributed by atoms with van der Waals surface area (Å²) >= 11 is 0. The summed E-state index contributed by atoms with van der Waals surface area (Å²) in [5.74, 6) is -0.797. The number of carboxylic acids is 1. The second kappa shape index (κ2) is 6.07. The quantitative estimate of drug-likeness (QED) is 0.791. The molecule has 1 rings (SSSR count). The maximum absolute atomic E-state index is 12.0. The van der Waals surface area contributed by atoms with Crippen molar-refractivity contribution in [3.8, 4) is 0 Å². The van der Waals surface area contributed by atoms with E-state index in [1.54, 1.807) is 0 Å². The van der Waals surface area contributed by atoms with Gasteiger partial charge in [-0.3, -0.25) is 4.79 Å². The Kier molecular flexibility index (Phi) is 4.99. The predicted octanol–water partition coefficient (Wildman–Crippen LogP) is 2.07. The lowest BCUT2D eigenvalue weighted by molar-refractivity contribution is -0.138. The minimum Gasteiger partial charge on any atom is -0.481 e. The molecule has 1 fully saturated rings. The zero-order chi connectivity index (χ0) is 13.8. The number of hydrogen-bond acceptors (Lipinski definition) is 2. The Balaban J connectivity index is 2.42. The summed E-state index contributed by atoms with van der Waals surface area (Å²) in [6, 6.07) is -0.0682. The molecule has 0 aromatic carbocycles. The molecule has 18 heavy (non-hydrogen) atoms. The number of nitrogens with one attached hydrogen (secondary N) is 1. The highest BCUT2D eigenvalue weighted by molar-refractivity contribution is 5.75. The smallest absolute Gasteiger partial charge is 0.317 e. The number of carboxylic acid groups (broad SMARTS) is 1. The topological polar surface area (TPSA) is 69.6 Å². The maximum Gasteiger partial charge on any atom is 0.317 e. The van der Waals surface area contributed by atoms with E-state index in [1.165, 1.54) is 0 Å². The molecule has 1 aliphatic rings. The van der Waals surface area contributed by atoms with E-state index in [1.807, 2.05) is 11.8 Å². The molecule has 1 saturated heterocycles. The molecular weight excluding hydrogens is 232 g/mol. The van der Waals surface area contributed by atoms with E-state index in [0.29, 0.717) is 6.54 Å². The first kappa shape index (κ1) is 14.8. The van der Waals surface area contributed by atoms with Gasteiger partial charge in [-0.1, -0.05) is 13.3 Å². The van der Waals surface area contributed by atoms with Gasteiger partial charge in [0.2, 0.25) is 0 Å². The predicted molar refractivity (Wildman–Crippen MR) is 69.5 cm³/mol. The first-order valence-electron chi connectivity index (χ1n) is 6.64. The molecule has 104 valence electrons.